The van der Waals surface area contributed by atoms with E-state index in [1.54, 1.807) is 12.1 Å². The third kappa shape index (κ3) is 3.41. The van der Waals surface area contributed by atoms with Gasteiger partial charge in [-0.05, 0) is 41.8 Å². The van der Waals surface area contributed by atoms with Crippen LogP contribution in [0.5, 0.6) is 11.5 Å². The molecule has 2 saturated heterocycles. The number of alkyl halides is 3. The summed E-state index contributed by atoms with van der Waals surface area (Å²) in [7, 11) is -1.93. The number of aromatic hydroxyl groups is 1. The summed E-state index contributed by atoms with van der Waals surface area (Å²) in [6.45, 7) is 7.66. The van der Waals surface area contributed by atoms with Crippen LogP contribution in [0, 0.1) is 5.41 Å². The molecule has 5 rings (SSSR count). The van der Waals surface area contributed by atoms with Gasteiger partial charge in [0.2, 0.25) is 15.7 Å². The first kappa shape index (κ1) is 24.1. The van der Waals surface area contributed by atoms with E-state index in [9.17, 15) is 13.5 Å². The van der Waals surface area contributed by atoms with E-state index in [0.29, 0.717) is 36.3 Å². The second-order valence-corrected chi connectivity index (χ2v) is 12.1. The molecule has 1 N–H and O–H groups in total. The Morgan fingerprint density at radius 2 is 1.71 bits per heavy atom. The van der Waals surface area contributed by atoms with Gasteiger partial charge in [0, 0.05) is 49.3 Å². The maximum atomic E-state index is 15.6. The molecule has 2 aliphatic heterocycles. The fraction of sp³-hybridized carbons (Fsp3) is 0.440. The van der Waals surface area contributed by atoms with Gasteiger partial charge in [-0.3, -0.25) is 4.90 Å². The van der Waals surface area contributed by atoms with Gasteiger partial charge in [-0.2, -0.15) is 8.78 Å². The lowest BCUT2D eigenvalue weighted by Gasteiger charge is -2.59. The molecule has 10 heteroatoms. The van der Waals surface area contributed by atoms with Gasteiger partial charge in [0.05, 0.1) is 18.9 Å². The van der Waals surface area contributed by atoms with Crippen molar-refractivity contribution < 1.29 is 31.4 Å². The first-order chi connectivity index (χ1) is 16.2. The van der Waals surface area contributed by atoms with E-state index in [1.165, 1.54) is 42.8 Å². The van der Waals surface area contributed by atoms with Crippen LogP contribution in [-0.2, 0) is 28.2 Å². The van der Waals surface area contributed by atoms with Gasteiger partial charge in [0.15, 0.2) is 0 Å². The van der Waals surface area contributed by atoms with Crippen molar-refractivity contribution in [2.24, 2.45) is 5.41 Å². The van der Waals surface area contributed by atoms with Gasteiger partial charge in [-0.1, -0.05) is 18.7 Å². The molecule has 2 bridgehead atoms. The second kappa shape index (κ2) is 7.47. The number of fused-ring (bicyclic) bond motifs is 2. The molecule has 2 heterocycles. The highest BCUT2D eigenvalue weighted by molar-refractivity contribution is 7.88. The Bertz CT molecular complexity index is 1350. The average Bonchev–Trinajstić information content (AvgIpc) is 2.81. The van der Waals surface area contributed by atoms with Crippen molar-refractivity contribution in [3.8, 4) is 22.6 Å². The molecule has 2 aromatic carbocycles. The summed E-state index contributed by atoms with van der Waals surface area (Å²) in [5, 5.41) is 10.6. The van der Waals surface area contributed by atoms with Crippen LogP contribution in [0.1, 0.15) is 23.6 Å². The summed E-state index contributed by atoms with van der Waals surface area (Å²) in [5.41, 5.74) is -2.74. The molecule has 1 spiro atoms. The van der Waals surface area contributed by atoms with E-state index in [0.717, 1.165) is 13.1 Å². The molecule has 0 radical (unpaired) electrons. The zero-order chi connectivity index (χ0) is 25.6. The maximum Gasteiger partial charge on any atom is 0.318 e. The van der Waals surface area contributed by atoms with Crippen molar-refractivity contribution >= 4 is 10.0 Å². The zero-order valence-corrected chi connectivity index (χ0v) is 20.6. The number of likely N-dealkylation sites (tertiary alicyclic amines) is 1. The average molecular weight is 509 g/mol. The van der Waals surface area contributed by atoms with Crippen LogP contribution in [0.25, 0.3) is 11.1 Å². The van der Waals surface area contributed by atoms with E-state index in [2.05, 4.69) is 11.5 Å². The summed E-state index contributed by atoms with van der Waals surface area (Å²) in [6.07, 6.45) is 1.21. The van der Waals surface area contributed by atoms with Crippen LogP contribution in [-0.4, -0.2) is 62.3 Å². The molecule has 0 saturated carbocycles. The Morgan fingerprint density at radius 3 is 2.26 bits per heavy atom. The Balaban J connectivity index is 1.36. The van der Waals surface area contributed by atoms with Crippen molar-refractivity contribution in [2.45, 2.75) is 25.1 Å². The molecule has 2 fully saturated rings. The third-order valence-corrected chi connectivity index (χ3v) is 8.64. The van der Waals surface area contributed by atoms with Gasteiger partial charge in [-0.15, -0.1) is 0 Å². The van der Waals surface area contributed by atoms with Gasteiger partial charge < -0.3 is 9.84 Å². The smallest absolute Gasteiger partial charge is 0.318 e. The molecule has 6 nitrogen and oxygen atoms in total. The minimum Gasteiger partial charge on any atom is -0.508 e. The molecule has 1 unspecified atom stereocenters. The summed E-state index contributed by atoms with van der Waals surface area (Å²) in [6, 6.07) is 7.44. The standard InChI is InChI=1S/C25H27F3N2O4S/c1-15(2)24(26)19-7-18(8-20(22(19)34-3)25(24,27)28)16-5-6-17(21(31)9-16)10-29-11-23(12-29)13-30(14-23)35(4,32)33/h5-9,31H,1,10-14H2,2-4H3. The highest BCUT2D eigenvalue weighted by Gasteiger charge is 2.65. The molecule has 35 heavy (non-hydrogen) atoms. The number of hydrogen-bond acceptors (Lipinski definition) is 5. The summed E-state index contributed by atoms with van der Waals surface area (Å²) < 4.78 is 75.6. The molecule has 3 aliphatic rings. The number of sulfonamides is 1. The van der Waals surface area contributed by atoms with Crippen LogP contribution >= 0.6 is 0 Å². The fourth-order valence-electron chi connectivity index (χ4n) is 5.63. The van der Waals surface area contributed by atoms with Crippen LogP contribution < -0.4 is 4.74 Å². The van der Waals surface area contributed by atoms with Crippen LogP contribution in [0.2, 0.25) is 0 Å². The first-order valence-electron chi connectivity index (χ1n) is 11.2. The Labute approximate surface area is 202 Å². The highest BCUT2D eigenvalue weighted by atomic mass is 32.2. The topological polar surface area (TPSA) is 70.1 Å². The minimum absolute atomic E-state index is 0.00570. The van der Waals surface area contributed by atoms with Crippen molar-refractivity contribution in [3.63, 3.8) is 0 Å². The number of nitrogens with zero attached hydrogens (tertiary/aromatic N) is 2. The SMILES string of the molecule is C=C(C)C1(F)c2cc(-c3ccc(CN4CC5(C4)CN(S(C)(=O)=O)C5)c(O)c3)cc(c2OC)C1(F)F. The molecule has 2 aromatic rings. The number of ether oxygens (including phenoxy) is 1. The number of allylic oxidation sites excluding steroid dienone is 1. The van der Waals surface area contributed by atoms with E-state index in [4.69, 9.17) is 4.74 Å². The summed E-state index contributed by atoms with van der Waals surface area (Å²) >= 11 is 0. The van der Waals surface area contributed by atoms with Crippen LogP contribution in [0.4, 0.5) is 13.2 Å². The Hall–Kier alpha value is -2.56. The number of methoxy groups -OCH3 is 1. The normalized spacial score (nSPS) is 24.7. The van der Waals surface area contributed by atoms with Gasteiger partial charge in [0.1, 0.15) is 11.5 Å². The second-order valence-electron chi connectivity index (χ2n) is 10.1. The predicted octanol–water partition coefficient (Wildman–Crippen LogP) is 3.99. The van der Waals surface area contributed by atoms with Gasteiger partial charge in [-0.25, -0.2) is 17.1 Å². The molecule has 188 valence electrons. The van der Waals surface area contributed by atoms with Crippen molar-refractivity contribution in [1.29, 1.82) is 0 Å². The third-order valence-electron chi connectivity index (χ3n) is 7.45. The maximum absolute atomic E-state index is 15.6. The predicted molar refractivity (Wildman–Crippen MR) is 126 cm³/mol. The van der Waals surface area contributed by atoms with E-state index in [1.807, 2.05) is 0 Å². The van der Waals surface area contributed by atoms with Crippen molar-refractivity contribution in [3.05, 3.63) is 59.2 Å². The van der Waals surface area contributed by atoms with E-state index < -0.39 is 27.2 Å². The fourth-order valence-corrected chi connectivity index (χ4v) is 6.64. The molecule has 1 atom stereocenters. The lowest BCUT2D eigenvalue weighted by molar-refractivity contribution is -0.122. The molecular weight excluding hydrogens is 481 g/mol. The molecular formula is C25H27F3N2O4S. The van der Waals surface area contributed by atoms with Crippen LogP contribution in [0.15, 0.2) is 42.5 Å². The molecule has 0 aromatic heterocycles. The van der Waals surface area contributed by atoms with E-state index in [-0.39, 0.29) is 28.1 Å². The van der Waals surface area contributed by atoms with Crippen LogP contribution in [0.3, 0.4) is 0 Å². The lowest BCUT2D eigenvalue weighted by Crippen LogP contribution is -2.72. The summed E-state index contributed by atoms with van der Waals surface area (Å²) in [4.78, 5) is 2.12. The number of benzene rings is 2. The number of phenolic OH excluding ortho intramolecular Hbond substituents is 1. The number of rotatable bonds is 6. The zero-order valence-electron chi connectivity index (χ0n) is 19.7. The van der Waals surface area contributed by atoms with Crippen molar-refractivity contribution in [1.82, 2.24) is 9.21 Å². The monoisotopic (exact) mass is 508 g/mol. The first-order valence-corrected chi connectivity index (χ1v) is 13.0. The van der Waals surface area contributed by atoms with Crippen molar-refractivity contribution in [2.75, 3.05) is 39.5 Å². The largest absolute Gasteiger partial charge is 0.508 e. The summed E-state index contributed by atoms with van der Waals surface area (Å²) in [5.74, 6) is -4.02. The number of phenols is 1. The lowest BCUT2D eigenvalue weighted by atomic mass is 9.74. The van der Waals surface area contributed by atoms with Gasteiger partial charge in [0.25, 0.3) is 0 Å². The number of halogens is 3. The number of hydrogen-bond donors (Lipinski definition) is 1. The minimum atomic E-state index is -3.83. The van der Waals surface area contributed by atoms with E-state index >= 15 is 13.2 Å². The quantitative estimate of drug-likeness (QED) is 0.598. The van der Waals surface area contributed by atoms with Gasteiger partial charge >= 0.3 is 5.92 Å². The molecule has 0 amide bonds. The Kier molecular flexibility index (Phi) is 5.16. The molecule has 1 aliphatic carbocycles. The highest BCUT2D eigenvalue weighted by Crippen LogP contribution is 2.63. The Morgan fingerprint density at radius 1 is 1.09 bits per heavy atom.